The van der Waals surface area contributed by atoms with Crippen molar-refractivity contribution in [3.8, 4) is 5.75 Å². The van der Waals surface area contributed by atoms with E-state index in [4.69, 9.17) is 4.74 Å². The summed E-state index contributed by atoms with van der Waals surface area (Å²) in [5.74, 6) is -1.10. The molecule has 6 nitrogen and oxygen atoms in total. The first kappa shape index (κ1) is 18.2. The quantitative estimate of drug-likeness (QED) is 0.422. The maximum Gasteiger partial charge on any atom is 0.329 e. The number of amides is 2. The van der Waals surface area contributed by atoms with Crippen molar-refractivity contribution in [3.05, 3.63) is 57.0 Å². The molecule has 0 aliphatic carbocycles. The second-order valence-electron chi connectivity index (χ2n) is 4.55. The van der Waals surface area contributed by atoms with E-state index in [2.05, 4.69) is 47.7 Å². The number of hydrogen-bond acceptors (Lipinski definition) is 4. The van der Waals surface area contributed by atoms with Crippen LogP contribution in [0.25, 0.3) is 0 Å². The standard InChI is InChI=1S/C16H13Br2N3O3/c1-24-14-6-5-12(18)7-10(14)9-19-21-16(23)15(22)20-13-4-2-3-11(17)8-13/h2-9H,1H3,(H,20,22)(H,21,23)/b19-9+. The van der Waals surface area contributed by atoms with Crippen LogP contribution in [0, 0.1) is 0 Å². The number of carbonyl (C=O) groups excluding carboxylic acids is 2. The number of nitrogens with zero attached hydrogens (tertiary/aromatic N) is 1. The van der Waals surface area contributed by atoms with E-state index in [1.807, 2.05) is 12.1 Å². The minimum absolute atomic E-state index is 0.502. The lowest BCUT2D eigenvalue weighted by molar-refractivity contribution is -0.136. The molecule has 124 valence electrons. The van der Waals surface area contributed by atoms with Crippen molar-refractivity contribution in [1.29, 1.82) is 0 Å². The molecule has 0 aliphatic rings. The van der Waals surface area contributed by atoms with E-state index in [-0.39, 0.29) is 0 Å². The molecule has 0 radical (unpaired) electrons. The number of methoxy groups -OCH3 is 1. The van der Waals surface area contributed by atoms with Gasteiger partial charge in [0.25, 0.3) is 0 Å². The van der Waals surface area contributed by atoms with Gasteiger partial charge in [0, 0.05) is 20.2 Å². The van der Waals surface area contributed by atoms with Crippen LogP contribution in [-0.4, -0.2) is 25.1 Å². The third-order valence-corrected chi connectivity index (χ3v) is 3.84. The van der Waals surface area contributed by atoms with Gasteiger partial charge in [-0.25, -0.2) is 5.43 Å². The maximum absolute atomic E-state index is 11.8. The molecule has 2 aromatic carbocycles. The zero-order valence-electron chi connectivity index (χ0n) is 12.5. The molecule has 0 aromatic heterocycles. The lowest BCUT2D eigenvalue weighted by Gasteiger charge is -2.05. The summed E-state index contributed by atoms with van der Waals surface area (Å²) in [5, 5.41) is 6.25. The van der Waals surface area contributed by atoms with Gasteiger partial charge < -0.3 is 10.1 Å². The average Bonchev–Trinajstić information content (AvgIpc) is 2.55. The second-order valence-corrected chi connectivity index (χ2v) is 6.38. The van der Waals surface area contributed by atoms with Crippen LogP contribution in [0.4, 0.5) is 5.69 Å². The van der Waals surface area contributed by atoms with Gasteiger partial charge in [-0.2, -0.15) is 5.10 Å². The molecule has 0 saturated carbocycles. The molecule has 2 N–H and O–H groups in total. The zero-order valence-corrected chi connectivity index (χ0v) is 15.7. The lowest BCUT2D eigenvalue weighted by atomic mass is 10.2. The molecule has 0 atom stereocenters. The number of nitrogens with one attached hydrogen (secondary N) is 2. The Morgan fingerprint density at radius 2 is 1.83 bits per heavy atom. The van der Waals surface area contributed by atoms with Crippen molar-refractivity contribution in [2.45, 2.75) is 0 Å². The molecule has 0 bridgehead atoms. The van der Waals surface area contributed by atoms with Gasteiger partial charge in [0.05, 0.1) is 13.3 Å². The summed E-state index contributed by atoms with van der Waals surface area (Å²) in [5.41, 5.74) is 3.33. The minimum atomic E-state index is -0.875. The second kappa shape index (κ2) is 8.60. The van der Waals surface area contributed by atoms with Gasteiger partial charge in [-0.3, -0.25) is 9.59 Å². The van der Waals surface area contributed by atoms with Gasteiger partial charge in [-0.1, -0.05) is 37.9 Å². The summed E-state index contributed by atoms with van der Waals surface area (Å²) in [6, 6.07) is 12.3. The van der Waals surface area contributed by atoms with E-state index in [9.17, 15) is 9.59 Å². The van der Waals surface area contributed by atoms with Crippen molar-refractivity contribution in [1.82, 2.24) is 5.43 Å². The number of ether oxygens (including phenoxy) is 1. The summed E-state index contributed by atoms with van der Waals surface area (Å²) in [7, 11) is 1.53. The van der Waals surface area contributed by atoms with Crippen LogP contribution in [0.2, 0.25) is 0 Å². The first-order chi connectivity index (χ1) is 11.5. The Bertz CT molecular complexity index is 794. The van der Waals surface area contributed by atoms with Gasteiger partial charge in [-0.15, -0.1) is 0 Å². The number of halogens is 2. The summed E-state index contributed by atoms with van der Waals surface area (Å²) in [6.45, 7) is 0. The molecule has 2 aromatic rings. The van der Waals surface area contributed by atoms with Gasteiger partial charge in [-0.05, 0) is 36.4 Å². The van der Waals surface area contributed by atoms with E-state index in [0.29, 0.717) is 17.0 Å². The van der Waals surface area contributed by atoms with Crippen LogP contribution in [-0.2, 0) is 9.59 Å². The van der Waals surface area contributed by atoms with Crippen LogP contribution >= 0.6 is 31.9 Å². The fourth-order valence-corrected chi connectivity index (χ4v) is 2.55. The molecule has 24 heavy (non-hydrogen) atoms. The van der Waals surface area contributed by atoms with Crippen molar-refractivity contribution < 1.29 is 14.3 Å². The molecule has 0 fully saturated rings. The first-order valence-corrected chi connectivity index (χ1v) is 8.31. The monoisotopic (exact) mass is 453 g/mol. The summed E-state index contributed by atoms with van der Waals surface area (Å²) in [6.07, 6.45) is 1.40. The highest BCUT2D eigenvalue weighted by molar-refractivity contribution is 9.10. The van der Waals surface area contributed by atoms with E-state index in [0.717, 1.165) is 8.95 Å². The molecular weight excluding hydrogens is 442 g/mol. The third-order valence-electron chi connectivity index (χ3n) is 2.85. The van der Waals surface area contributed by atoms with Crippen LogP contribution in [0.15, 0.2) is 56.5 Å². The summed E-state index contributed by atoms with van der Waals surface area (Å²) in [4.78, 5) is 23.6. The Balaban J connectivity index is 1.97. The Hall–Kier alpha value is -2.19. The number of anilines is 1. The van der Waals surface area contributed by atoms with Crippen LogP contribution in [0.5, 0.6) is 5.75 Å². The Kier molecular flexibility index (Phi) is 6.51. The highest BCUT2D eigenvalue weighted by atomic mass is 79.9. The Morgan fingerprint density at radius 1 is 1.08 bits per heavy atom. The molecule has 0 heterocycles. The van der Waals surface area contributed by atoms with E-state index < -0.39 is 11.8 Å². The molecule has 0 saturated heterocycles. The Morgan fingerprint density at radius 3 is 2.54 bits per heavy atom. The minimum Gasteiger partial charge on any atom is -0.496 e. The molecule has 8 heteroatoms. The number of benzene rings is 2. The van der Waals surface area contributed by atoms with Gasteiger partial charge in [0.2, 0.25) is 0 Å². The average molecular weight is 455 g/mol. The number of hydrogen-bond donors (Lipinski definition) is 2. The number of rotatable bonds is 4. The fraction of sp³-hybridized carbons (Fsp3) is 0.0625. The molecule has 0 aliphatic heterocycles. The topological polar surface area (TPSA) is 79.8 Å². The van der Waals surface area contributed by atoms with Crippen LogP contribution in [0.3, 0.4) is 0 Å². The fourth-order valence-electron chi connectivity index (χ4n) is 1.77. The normalized spacial score (nSPS) is 10.5. The molecular formula is C16H13Br2N3O3. The van der Waals surface area contributed by atoms with Crippen LogP contribution < -0.4 is 15.5 Å². The zero-order chi connectivity index (χ0) is 17.5. The SMILES string of the molecule is COc1ccc(Br)cc1/C=N/NC(=O)C(=O)Nc1cccc(Br)c1. The first-order valence-electron chi connectivity index (χ1n) is 6.73. The van der Waals surface area contributed by atoms with Crippen molar-refractivity contribution in [2.24, 2.45) is 5.10 Å². The van der Waals surface area contributed by atoms with E-state index >= 15 is 0 Å². The third kappa shape index (κ3) is 5.17. The van der Waals surface area contributed by atoms with Gasteiger partial charge in [0.1, 0.15) is 5.75 Å². The number of hydrazone groups is 1. The van der Waals surface area contributed by atoms with Crippen molar-refractivity contribution in [2.75, 3.05) is 12.4 Å². The van der Waals surface area contributed by atoms with E-state index in [1.165, 1.54) is 13.3 Å². The maximum atomic E-state index is 11.8. The highest BCUT2D eigenvalue weighted by Crippen LogP contribution is 2.21. The largest absolute Gasteiger partial charge is 0.496 e. The van der Waals surface area contributed by atoms with E-state index in [1.54, 1.807) is 30.3 Å². The summed E-state index contributed by atoms with van der Waals surface area (Å²) < 4.78 is 6.82. The predicted molar refractivity (Wildman–Crippen MR) is 99.2 cm³/mol. The molecule has 2 rings (SSSR count). The summed E-state index contributed by atoms with van der Waals surface area (Å²) >= 11 is 6.63. The lowest BCUT2D eigenvalue weighted by Crippen LogP contribution is -2.32. The predicted octanol–water partition coefficient (Wildman–Crippen LogP) is 3.31. The van der Waals surface area contributed by atoms with Gasteiger partial charge >= 0.3 is 11.8 Å². The highest BCUT2D eigenvalue weighted by Gasteiger charge is 2.13. The smallest absolute Gasteiger partial charge is 0.329 e. The van der Waals surface area contributed by atoms with Gasteiger partial charge in [0.15, 0.2) is 0 Å². The number of carbonyl (C=O) groups is 2. The van der Waals surface area contributed by atoms with Crippen molar-refractivity contribution in [3.63, 3.8) is 0 Å². The van der Waals surface area contributed by atoms with Crippen molar-refractivity contribution >= 4 is 55.6 Å². The molecule has 0 spiro atoms. The molecule has 0 unspecified atom stereocenters. The molecule has 2 amide bonds. The Labute approximate surface area is 155 Å². The van der Waals surface area contributed by atoms with Crippen LogP contribution in [0.1, 0.15) is 5.56 Å².